The fourth-order valence-electron chi connectivity index (χ4n) is 4.15. The van der Waals surface area contributed by atoms with Crippen LogP contribution in [0, 0.1) is 46.3 Å². The summed E-state index contributed by atoms with van der Waals surface area (Å²) < 4.78 is 14.1. The highest BCUT2D eigenvalue weighted by Crippen LogP contribution is 2.57. The van der Waals surface area contributed by atoms with Gasteiger partial charge >= 0.3 is 0 Å². The van der Waals surface area contributed by atoms with Crippen LogP contribution in [0.1, 0.15) is 25.7 Å². The molecule has 0 aromatic heterocycles. The highest BCUT2D eigenvalue weighted by atomic mass is 19.1. The topological polar surface area (TPSA) is 47.6 Å². The lowest BCUT2D eigenvalue weighted by atomic mass is 9.53. The molecular formula is C13H13FN2. The zero-order valence-electron chi connectivity index (χ0n) is 8.99. The molecule has 4 bridgehead atoms. The Bertz CT molecular complexity index is 424. The molecule has 0 aromatic rings. The van der Waals surface area contributed by atoms with Crippen molar-refractivity contribution in [2.24, 2.45) is 23.7 Å². The maximum Gasteiger partial charge on any atom is 0.129 e. The summed E-state index contributed by atoms with van der Waals surface area (Å²) in [5, 5.41) is 17.9. The molecular weight excluding hydrogens is 203 g/mol. The highest BCUT2D eigenvalue weighted by Gasteiger charge is 2.52. The van der Waals surface area contributed by atoms with E-state index in [4.69, 9.17) is 10.5 Å². The Morgan fingerprint density at radius 3 is 2.56 bits per heavy atom. The van der Waals surface area contributed by atoms with Crippen molar-refractivity contribution in [2.45, 2.75) is 31.9 Å². The summed E-state index contributed by atoms with van der Waals surface area (Å²) in [6, 6.07) is 3.90. The first-order valence-corrected chi connectivity index (χ1v) is 5.93. The molecule has 4 aliphatic rings. The molecule has 3 heteroatoms. The van der Waals surface area contributed by atoms with Crippen LogP contribution in [0.25, 0.3) is 0 Å². The molecule has 0 N–H and O–H groups in total. The predicted octanol–water partition coefficient (Wildman–Crippen LogP) is 2.73. The van der Waals surface area contributed by atoms with Gasteiger partial charge in [-0.1, -0.05) is 0 Å². The number of hydrogen-bond acceptors (Lipinski definition) is 2. The minimum Gasteiger partial charge on any atom is -0.247 e. The zero-order chi connectivity index (χ0) is 11.3. The van der Waals surface area contributed by atoms with E-state index in [1.54, 1.807) is 0 Å². The maximum absolute atomic E-state index is 14.1. The Kier molecular flexibility index (Phi) is 2.04. The second-order valence-electron chi connectivity index (χ2n) is 5.37. The molecule has 4 rings (SSSR count). The molecule has 5 atom stereocenters. The lowest BCUT2D eigenvalue weighted by Crippen LogP contribution is -2.48. The van der Waals surface area contributed by atoms with Gasteiger partial charge in [-0.15, -0.1) is 0 Å². The van der Waals surface area contributed by atoms with Gasteiger partial charge in [-0.25, -0.2) is 4.39 Å². The number of rotatable bonds is 0. The highest BCUT2D eigenvalue weighted by molar-refractivity contribution is 5.44. The van der Waals surface area contributed by atoms with Gasteiger partial charge in [-0.3, -0.25) is 0 Å². The molecule has 0 saturated heterocycles. The van der Waals surface area contributed by atoms with Crippen LogP contribution in [0.15, 0.2) is 11.1 Å². The van der Waals surface area contributed by atoms with Gasteiger partial charge in [0.25, 0.3) is 0 Å². The van der Waals surface area contributed by atoms with E-state index in [2.05, 4.69) is 0 Å². The molecule has 16 heavy (non-hydrogen) atoms. The Morgan fingerprint density at radius 2 is 1.88 bits per heavy atom. The second kappa shape index (κ2) is 3.32. The lowest BCUT2D eigenvalue weighted by Gasteiger charge is -2.53. The first kappa shape index (κ1) is 9.85. The molecule has 4 fully saturated rings. The average molecular weight is 216 g/mol. The van der Waals surface area contributed by atoms with E-state index in [-0.39, 0.29) is 17.4 Å². The Morgan fingerprint density at radius 1 is 1.12 bits per heavy atom. The molecule has 0 radical (unpaired) electrons. The maximum atomic E-state index is 14.1. The molecule has 2 nitrogen and oxygen atoms in total. The number of nitriles is 2. The van der Waals surface area contributed by atoms with Crippen LogP contribution in [0.4, 0.5) is 4.39 Å². The van der Waals surface area contributed by atoms with Gasteiger partial charge in [-0.2, -0.15) is 10.5 Å². The van der Waals surface area contributed by atoms with Crippen LogP contribution in [-0.2, 0) is 0 Å². The Labute approximate surface area is 94.4 Å². The first-order valence-electron chi connectivity index (χ1n) is 5.93. The van der Waals surface area contributed by atoms with Crippen molar-refractivity contribution in [2.75, 3.05) is 0 Å². The molecule has 0 amide bonds. The third kappa shape index (κ3) is 1.15. The summed E-state index contributed by atoms with van der Waals surface area (Å²) in [7, 11) is 0. The third-order valence-electron chi connectivity index (χ3n) is 4.61. The number of nitrogens with zero attached hydrogens (tertiary/aromatic N) is 2. The van der Waals surface area contributed by atoms with Gasteiger partial charge in [0.2, 0.25) is 0 Å². The minimum absolute atomic E-state index is 0.120. The van der Waals surface area contributed by atoms with Crippen molar-refractivity contribution in [3.8, 4) is 12.1 Å². The fourth-order valence-corrected chi connectivity index (χ4v) is 4.15. The van der Waals surface area contributed by atoms with Gasteiger partial charge in [0.1, 0.15) is 23.9 Å². The van der Waals surface area contributed by atoms with E-state index in [1.165, 1.54) is 0 Å². The van der Waals surface area contributed by atoms with Gasteiger partial charge in [-0.05, 0) is 49.0 Å². The van der Waals surface area contributed by atoms with Crippen molar-refractivity contribution in [3.05, 3.63) is 11.1 Å². The summed E-state index contributed by atoms with van der Waals surface area (Å²) in [4.78, 5) is 0. The summed E-state index contributed by atoms with van der Waals surface area (Å²) >= 11 is 0. The van der Waals surface area contributed by atoms with Crippen molar-refractivity contribution >= 4 is 0 Å². The fraction of sp³-hybridized carbons (Fsp3) is 0.692. The smallest absolute Gasteiger partial charge is 0.129 e. The van der Waals surface area contributed by atoms with Crippen LogP contribution < -0.4 is 0 Å². The molecule has 0 spiro atoms. The third-order valence-corrected chi connectivity index (χ3v) is 4.61. The van der Waals surface area contributed by atoms with Gasteiger partial charge in [0, 0.05) is 5.92 Å². The number of alkyl halides is 1. The van der Waals surface area contributed by atoms with Crippen molar-refractivity contribution < 1.29 is 4.39 Å². The van der Waals surface area contributed by atoms with Crippen LogP contribution in [0.2, 0.25) is 0 Å². The van der Waals surface area contributed by atoms with Crippen molar-refractivity contribution in [1.29, 1.82) is 10.5 Å². The van der Waals surface area contributed by atoms with Crippen molar-refractivity contribution in [3.63, 3.8) is 0 Å². The summed E-state index contributed by atoms with van der Waals surface area (Å²) in [6.07, 6.45) is 3.00. The predicted molar refractivity (Wildman–Crippen MR) is 55.6 cm³/mol. The monoisotopic (exact) mass is 216 g/mol. The van der Waals surface area contributed by atoms with Gasteiger partial charge in [0.05, 0.1) is 0 Å². The number of allylic oxidation sites excluding steroid dienone is 2. The van der Waals surface area contributed by atoms with E-state index in [9.17, 15) is 4.39 Å². The Hall–Kier alpha value is -1.35. The normalized spacial score (nSPS) is 43.9. The van der Waals surface area contributed by atoms with Crippen LogP contribution in [0.3, 0.4) is 0 Å². The standard InChI is InChI=1S/C13H13FN2/c14-13-9-2-7-1-8(4-9)12(11(13)3-7)10(5-15)6-16/h7-9,11,13H,1-4H2/t7?,8?,9?,11?,13-/m1/s1. The summed E-state index contributed by atoms with van der Waals surface area (Å²) in [5.74, 6) is 1.04. The molecule has 4 saturated carbocycles. The SMILES string of the molecule is N#CC(C#N)=C1C2CC3CC(C2)[C@@H](F)C1C3. The van der Waals surface area contributed by atoms with E-state index in [1.807, 2.05) is 12.1 Å². The minimum atomic E-state index is -0.806. The van der Waals surface area contributed by atoms with E-state index >= 15 is 0 Å². The molecule has 4 unspecified atom stereocenters. The number of halogens is 1. The first-order chi connectivity index (χ1) is 7.74. The lowest BCUT2D eigenvalue weighted by molar-refractivity contribution is -0.0119. The summed E-state index contributed by atoms with van der Waals surface area (Å²) in [6.45, 7) is 0. The van der Waals surface area contributed by atoms with Gasteiger partial charge < -0.3 is 0 Å². The van der Waals surface area contributed by atoms with E-state index in [0.717, 1.165) is 31.3 Å². The second-order valence-corrected chi connectivity index (χ2v) is 5.37. The summed E-state index contributed by atoms with van der Waals surface area (Å²) in [5.41, 5.74) is 1.04. The van der Waals surface area contributed by atoms with Gasteiger partial charge in [0.15, 0.2) is 0 Å². The Balaban J connectivity index is 2.07. The van der Waals surface area contributed by atoms with Crippen LogP contribution in [-0.4, -0.2) is 6.17 Å². The molecule has 0 aliphatic heterocycles. The molecule has 82 valence electrons. The molecule has 4 aliphatic carbocycles. The largest absolute Gasteiger partial charge is 0.247 e. The van der Waals surface area contributed by atoms with Crippen molar-refractivity contribution in [1.82, 2.24) is 0 Å². The molecule has 0 heterocycles. The number of hydrogen-bond donors (Lipinski definition) is 0. The van der Waals surface area contributed by atoms with Crippen LogP contribution in [0.5, 0.6) is 0 Å². The molecule has 0 aromatic carbocycles. The average Bonchev–Trinajstić information content (AvgIpc) is 2.29. The van der Waals surface area contributed by atoms with E-state index in [0.29, 0.717) is 11.8 Å². The zero-order valence-corrected chi connectivity index (χ0v) is 8.99. The van der Waals surface area contributed by atoms with Crippen LogP contribution >= 0.6 is 0 Å². The quantitative estimate of drug-likeness (QED) is 0.584. The van der Waals surface area contributed by atoms with E-state index < -0.39 is 6.17 Å².